The molecule has 0 bridgehead atoms. The molecule has 4 unspecified atom stereocenters. The summed E-state index contributed by atoms with van der Waals surface area (Å²) in [6.45, 7) is 13.8. The zero-order valence-corrected chi connectivity index (χ0v) is 33.6. The van der Waals surface area contributed by atoms with Crippen molar-refractivity contribution in [1.29, 1.82) is 0 Å². The Hall–Kier alpha value is -0.560. The van der Waals surface area contributed by atoms with Crippen LogP contribution in [0.2, 0.25) is 0 Å². The number of hydrogen-bond donors (Lipinski definition) is 9. The third-order valence-corrected chi connectivity index (χ3v) is 17.6. The van der Waals surface area contributed by atoms with Crippen LogP contribution < -0.4 is 0 Å². The third-order valence-electron chi connectivity index (χ3n) is 17.6. The molecule has 0 amide bonds. The van der Waals surface area contributed by atoms with Gasteiger partial charge in [0.2, 0.25) is 0 Å². The minimum Gasteiger partial charge on any atom is -0.394 e. The molecule has 0 aromatic carbocycles. The molecule has 21 atom stereocenters. The van der Waals surface area contributed by atoms with Crippen LogP contribution in [-0.4, -0.2) is 150 Å². The summed E-state index contributed by atoms with van der Waals surface area (Å²) in [4.78, 5) is 0. The highest BCUT2D eigenvalue weighted by Gasteiger charge is 2.85. The lowest BCUT2D eigenvalue weighted by atomic mass is 9.41. The van der Waals surface area contributed by atoms with Crippen LogP contribution >= 0.6 is 0 Å². The van der Waals surface area contributed by atoms with E-state index in [9.17, 15) is 46.0 Å². The van der Waals surface area contributed by atoms with Gasteiger partial charge < -0.3 is 69.6 Å². The van der Waals surface area contributed by atoms with Gasteiger partial charge in [-0.15, -0.1) is 0 Å². The van der Waals surface area contributed by atoms with E-state index in [4.69, 9.17) is 23.7 Å². The van der Waals surface area contributed by atoms with E-state index in [2.05, 4.69) is 34.6 Å². The fraction of sp³-hybridized carbons (Fsp3) is 1.00. The highest BCUT2D eigenvalue weighted by Crippen LogP contribution is 2.89. The van der Waals surface area contributed by atoms with Crippen LogP contribution in [0.5, 0.6) is 0 Å². The topological polar surface area (TPSA) is 228 Å². The van der Waals surface area contributed by atoms with Gasteiger partial charge in [-0.3, -0.25) is 0 Å². The van der Waals surface area contributed by atoms with Gasteiger partial charge in [-0.25, -0.2) is 0 Å². The molecule has 316 valence electrons. The molecule has 14 heteroatoms. The average Bonchev–Trinajstić information content (AvgIpc) is 3.47. The number of aliphatic hydroxyl groups is 9. The molecule has 3 aliphatic heterocycles. The van der Waals surface area contributed by atoms with E-state index in [0.29, 0.717) is 25.7 Å². The first-order valence-corrected chi connectivity index (χ1v) is 20.9. The summed E-state index contributed by atoms with van der Waals surface area (Å²) < 4.78 is 31.9. The molecule has 9 N–H and O–H groups in total. The van der Waals surface area contributed by atoms with Crippen molar-refractivity contribution >= 4 is 0 Å². The first kappa shape index (κ1) is 41.2. The minimum atomic E-state index is -1.60. The van der Waals surface area contributed by atoms with Crippen LogP contribution in [0.4, 0.5) is 0 Å². The Morgan fingerprint density at radius 1 is 0.709 bits per heavy atom. The molecule has 2 spiro atoms. The van der Waals surface area contributed by atoms with E-state index in [1.165, 1.54) is 0 Å². The summed E-state index contributed by atoms with van der Waals surface area (Å²) in [5, 5.41) is 97.2. The van der Waals surface area contributed by atoms with Gasteiger partial charge in [0.1, 0.15) is 42.7 Å². The largest absolute Gasteiger partial charge is 0.394 e. The van der Waals surface area contributed by atoms with Gasteiger partial charge in [0, 0.05) is 5.92 Å². The summed E-state index contributed by atoms with van der Waals surface area (Å²) >= 11 is 0. The minimum absolute atomic E-state index is 0.0633. The van der Waals surface area contributed by atoms with E-state index in [1.54, 1.807) is 13.8 Å². The molecule has 5 saturated carbocycles. The van der Waals surface area contributed by atoms with Gasteiger partial charge in [-0.1, -0.05) is 27.7 Å². The van der Waals surface area contributed by atoms with Gasteiger partial charge >= 0.3 is 0 Å². The Kier molecular flexibility index (Phi) is 9.90. The van der Waals surface area contributed by atoms with Gasteiger partial charge in [0.05, 0.1) is 48.8 Å². The van der Waals surface area contributed by atoms with Crippen molar-refractivity contribution in [1.82, 2.24) is 0 Å². The second kappa shape index (κ2) is 13.2. The molecule has 14 nitrogen and oxygen atoms in total. The Morgan fingerprint density at radius 3 is 2.05 bits per heavy atom. The summed E-state index contributed by atoms with van der Waals surface area (Å²) in [5.74, 6) is -0.215. The van der Waals surface area contributed by atoms with Crippen LogP contribution in [0.3, 0.4) is 0 Å². The van der Waals surface area contributed by atoms with Crippen LogP contribution in [0, 0.1) is 44.8 Å². The fourth-order valence-electron chi connectivity index (χ4n) is 14.9. The summed E-state index contributed by atoms with van der Waals surface area (Å²) in [7, 11) is 0. The molecule has 0 radical (unpaired) electrons. The summed E-state index contributed by atoms with van der Waals surface area (Å²) in [6.07, 6.45) is -7.48. The van der Waals surface area contributed by atoms with Crippen LogP contribution in [-0.2, 0) is 23.7 Å². The van der Waals surface area contributed by atoms with E-state index >= 15 is 0 Å². The fourth-order valence-corrected chi connectivity index (χ4v) is 14.9. The Balaban J connectivity index is 1.15. The molecule has 55 heavy (non-hydrogen) atoms. The molecule has 8 fully saturated rings. The first-order valence-electron chi connectivity index (χ1n) is 20.9. The molecule has 0 aromatic rings. The van der Waals surface area contributed by atoms with E-state index in [0.717, 1.165) is 32.1 Å². The van der Waals surface area contributed by atoms with Crippen molar-refractivity contribution in [3.63, 3.8) is 0 Å². The second-order valence-corrected chi connectivity index (χ2v) is 21.1. The molecular weight excluding hydrogens is 716 g/mol. The molecule has 8 aliphatic rings. The normalized spacial score (nSPS) is 58.7. The molecule has 3 saturated heterocycles. The quantitative estimate of drug-likeness (QED) is 0.162. The lowest BCUT2D eigenvalue weighted by Crippen LogP contribution is -2.65. The highest BCUT2D eigenvalue weighted by molar-refractivity contribution is 5.33. The average molecular weight is 785 g/mol. The number of rotatable bonds is 7. The van der Waals surface area contributed by atoms with Crippen molar-refractivity contribution in [2.24, 2.45) is 44.8 Å². The van der Waals surface area contributed by atoms with E-state index < -0.39 is 96.8 Å². The highest BCUT2D eigenvalue weighted by atomic mass is 16.7. The monoisotopic (exact) mass is 784 g/mol. The molecule has 5 aliphatic carbocycles. The SMILES string of the molecule is CC(C)(O)[C@@H]1CC[C@](C)([C@H]2[C@@H](O)C[C@@]3(C)[C@@H]4CC(O[C@@H]5O[C@H](CO)[C@@H](O)[C@H](O)C5O)[C@H]5C(C)(C)C(O[C@@H]6OC[C@@H](O)[C@H](O)[C@H]6O)CC[C@@]56CC46CC[C@]23C)O1. The summed E-state index contributed by atoms with van der Waals surface area (Å²) in [5.41, 5.74) is -3.16. The zero-order chi connectivity index (χ0) is 40.1. The molecule has 0 aromatic heterocycles. The lowest BCUT2D eigenvalue weighted by molar-refractivity contribution is -0.339. The summed E-state index contributed by atoms with van der Waals surface area (Å²) in [6, 6.07) is 0. The van der Waals surface area contributed by atoms with Crippen molar-refractivity contribution in [3.8, 4) is 0 Å². The number of aliphatic hydroxyl groups excluding tert-OH is 8. The second-order valence-electron chi connectivity index (χ2n) is 21.1. The van der Waals surface area contributed by atoms with Crippen molar-refractivity contribution < 1.29 is 69.6 Å². The predicted molar refractivity (Wildman–Crippen MR) is 194 cm³/mol. The molecule has 3 heterocycles. The molecule has 8 rings (SSSR count). The van der Waals surface area contributed by atoms with Gasteiger partial charge in [0.25, 0.3) is 0 Å². The van der Waals surface area contributed by atoms with Crippen LogP contribution in [0.15, 0.2) is 0 Å². The lowest BCUT2D eigenvalue weighted by Gasteiger charge is -2.65. The smallest absolute Gasteiger partial charge is 0.186 e. The van der Waals surface area contributed by atoms with Gasteiger partial charge in [-0.05, 0) is 117 Å². The molecular formula is C41H68O14. The number of fused-ring (bicyclic) bond motifs is 2. The van der Waals surface area contributed by atoms with Crippen LogP contribution in [0.1, 0.15) is 106 Å². The van der Waals surface area contributed by atoms with Crippen molar-refractivity contribution in [2.75, 3.05) is 13.2 Å². The maximum absolute atomic E-state index is 12.2. The van der Waals surface area contributed by atoms with Gasteiger partial charge in [0.15, 0.2) is 12.6 Å². The number of ether oxygens (including phenoxy) is 5. The maximum Gasteiger partial charge on any atom is 0.186 e. The van der Waals surface area contributed by atoms with E-state index in [-0.39, 0.29) is 52.1 Å². The van der Waals surface area contributed by atoms with Crippen molar-refractivity contribution in [3.05, 3.63) is 0 Å². The standard InChI is InChI=1S/C41H68O14/c1-35(2)24(54-33-29(48)26(45)20(44)17-51-33)9-11-41-18-40(41)13-12-37(5)31(39(7)10-8-25(55-39)36(3,4)50)19(43)15-38(37,6)23(40)14-21(32(35)41)52-34-30(49)28(47)27(46)22(16-42)53-34/h19-34,42-50H,8-18H2,1-7H3/t19-,20+,21?,22+,23-,24?,25-,26-,27+,28-,29+,30?,31-,32-,33-,34+,37+,38-,39+,40?,41+/m0/s1. The maximum atomic E-state index is 12.2. The first-order chi connectivity index (χ1) is 25.5. The van der Waals surface area contributed by atoms with Crippen molar-refractivity contribution in [2.45, 2.75) is 197 Å². The van der Waals surface area contributed by atoms with Crippen LogP contribution in [0.25, 0.3) is 0 Å². The van der Waals surface area contributed by atoms with Gasteiger partial charge in [-0.2, -0.15) is 0 Å². The Labute approximate surface area is 324 Å². The third kappa shape index (κ3) is 5.70. The Morgan fingerprint density at radius 2 is 1.40 bits per heavy atom. The zero-order valence-electron chi connectivity index (χ0n) is 33.6. The number of hydrogen-bond acceptors (Lipinski definition) is 14. The van der Waals surface area contributed by atoms with E-state index in [1.807, 2.05) is 0 Å². The Bertz CT molecular complexity index is 1460. The predicted octanol–water partition coefficient (Wildman–Crippen LogP) is 0.724.